The van der Waals surface area contributed by atoms with Gasteiger partial charge in [-0.2, -0.15) is 0 Å². The standard InChI is InChI=1S/C23H35N3O/c1-18-7-9-19(10-8-18)21-20(6-5-15-27-21)16-25-22(24-2)26-14-13-23(17-26)11-3-4-12-23/h7-10,20-21H,3-6,11-17H2,1-2H3,(H,24,25). The molecule has 2 heterocycles. The molecule has 1 aromatic carbocycles. The predicted octanol–water partition coefficient (Wildman–Crippen LogP) is 4.30. The highest BCUT2D eigenvalue weighted by atomic mass is 16.5. The Balaban J connectivity index is 1.37. The molecule has 3 aliphatic rings. The number of guanidine groups is 1. The number of aliphatic imine (C=N–C) groups is 1. The molecule has 0 aromatic heterocycles. The average molecular weight is 370 g/mol. The number of nitrogens with one attached hydrogen (secondary N) is 1. The smallest absolute Gasteiger partial charge is 0.193 e. The van der Waals surface area contributed by atoms with Crippen LogP contribution in [0.2, 0.25) is 0 Å². The second kappa shape index (κ2) is 8.22. The van der Waals surface area contributed by atoms with E-state index in [1.807, 2.05) is 7.05 Å². The molecule has 2 saturated heterocycles. The summed E-state index contributed by atoms with van der Waals surface area (Å²) >= 11 is 0. The van der Waals surface area contributed by atoms with Gasteiger partial charge in [0.2, 0.25) is 0 Å². The van der Waals surface area contributed by atoms with Crippen molar-refractivity contribution in [2.75, 3.05) is 33.3 Å². The van der Waals surface area contributed by atoms with Gasteiger partial charge in [0.05, 0.1) is 6.10 Å². The zero-order valence-corrected chi connectivity index (χ0v) is 17.0. The third-order valence-corrected chi connectivity index (χ3v) is 6.99. The van der Waals surface area contributed by atoms with Crippen molar-refractivity contribution >= 4 is 5.96 Å². The Morgan fingerprint density at radius 1 is 1.19 bits per heavy atom. The molecule has 1 N–H and O–H groups in total. The summed E-state index contributed by atoms with van der Waals surface area (Å²) in [7, 11) is 1.93. The summed E-state index contributed by atoms with van der Waals surface area (Å²) in [4.78, 5) is 7.10. The van der Waals surface area contributed by atoms with E-state index >= 15 is 0 Å². The summed E-state index contributed by atoms with van der Waals surface area (Å²) in [6.07, 6.45) is 9.55. The van der Waals surface area contributed by atoms with E-state index in [1.54, 1.807) is 0 Å². The maximum Gasteiger partial charge on any atom is 0.193 e. The molecule has 148 valence electrons. The molecule has 2 atom stereocenters. The van der Waals surface area contributed by atoms with Crippen LogP contribution in [-0.4, -0.2) is 44.1 Å². The molecular formula is C23H35N3O. The van der Waals surface area contributed by atoms with Crippen molar-refractivity contribution in [2.45, 2.75) is 58.0 Å². The van der Waals surface area contributed by atoms with Crippen LogP contribution in [0.25, 0.3) is 0 Å². The lowest BCUT2D eigenvalue weighted by molar-refractivity contribution is -0.0266. The lowest BCUT2D eigenvalue weighted by atomic mass is 9.86. The molecular weight excluding hydrogens is 334 g/mol. The minimum atomic E-state index is 0.199. The molecule has 4 heteroatoms. The first-order valence-electron chi connectivity index (χ1n) is 10.8. The van der Waals surface area contributed by atoms with Crippen molar-refractivity contribution in [3.8, 4) is 0 Å². The van der Waals surface area contributed by atoms with Crippen LogP contribution >= 0.6 is 0 Å². The van der Waals surface area contributed by atoms with Gasteiger partial charge in [0.15, 0.2) is 5.96 Å². The fourth-order valence-corrected chi connectivity index (χ4v) is 5.38. The number of nitrogens with zero attached hydrogens (tertiary/aromatic N) is 2. The molecule has 1 saturated carbocycles. The van der Waals surface area contributed by atoms with Crippen LogP contribution in [-0.2, 0) is 4.74 Å². The molecule has 0 bridgehead atoms. The maximum absolute atomic E-state index is 6.19. The number of ether oxygens (including phenoxy) is 1. The van der Waals surface area contributed by atoms with E-state index in [-0.39, 0.29) is 6.10 Å². The normalized spacial score (nSPS) is 28.1. The molecule has 1 spiro atoms. The molecule has 0 radical (unpaired) electrons. The van der Waals surface area contributed by atoms with E-state index in [4.69, 9.17) is 4.74 Å². The first-order chi connectivity index (χ1) is 13.2. The summed E-state index contributed by atoms with van der Waals surface area (Å²) in [5, 5.41) is 3.69. The van der Waals surface area contributed by atoms with Crippen LogP contribution in [0.3, 0.4) is 0 Å². The zero-order valence-electron chi connectivity index (χ0n) is 17.0. The van der Waals surface area contributed by atoms with Gasteiger partial charge >= 0.3 is 0 Å². The van der Waals surface area contributed by atoms with Crippen molar-refractivity contribution in [1.82, 2.24) is 10.2 Å². The molecule has 2 aliphatic heterocycles. The minimum absolute atomic E-state index is 0.199. The average Bonchev–Trinajstić information content (AvgIpc) is 3.33. The SMILES string of the molecule is CN=C(NCC1CCCOC1c1ccc(C)cc1)N1CCC2(CCCC2)C1. The molecule has 27 heavy (non-hydrogen) atoms. The Kier molecular flexibility index (Phi) is 5.72. The summed E-state index contributed by atoms with van der Waals surface area (Å²) in [6, 6.07) is 8.86. The monoisotopic (exact) mass is 369 g/mol. The van der Waals surface area contributed by atoms with Crippen LogP contribution in [0.1, 0.15) is 62.2 Å². The fourth-order valence-electron chi connectivity index (χ4n) is 5.38. The van der Waals surface area contributed by atoms with Crippen molar-refractivity contribution in [3.05, 3.63) is 35.4 Å². The fraction of sp³-hybridized carbons (Fsp3) is 0.696. The molecule has 1 aromatic rings. The van der Waals surface area contributed by atoms with Gasteiger partial charge in [-0.15, -0.1) is 0 Å². The van der Waals surface area contributed by atoms with Crippen LogP contribution in [0, 0.1) is 18.3 Å². The van der Waals surface area contributed by atoms with Crippen molar-refractivity contribution in [3.63, 3.8) is 0 Å². The molecule has 3 fully saturated rings. The van der Waals surface area contributed by atoms with Crippen molar-refractivity contribution < 1.29 is 4.74 Å². The first-order valence-corrected chi connectivity index (χ1v) is 10.8. The van der Waals surface area contributed by atoms with Crippen LogP contribution in [0.4, 0.5) is 0 Å². The highest BCUT2D eigenvalue weighted by molar-refractivity contribution is 5.80. The number of likely N-dealkylation sites (tertiary alicyclic amines) is 1. The van der Waals surface area contributed by atoms with Gasteiger partial charge in [0, 0.05) is 39.2 Å². The van der Waals surface area contributed by atoms with Gasteiger partial charge < -0.3 is 15.0 Å². The Hall–Kier alpha value is -1.55. The van der Waals surface area contributed by atoms with Gasteiger partial charge in [-0.05, 0) is 50.0 Å². The Labute approximate surface area is 164 Å². The third-order valence-electron chi connectivity index (χ3n) is 6.99. The van der Waals surface area contributed by atoms with Gasteiger partial charge in [-0.1, -0.05) is 42.7 Å². The predicted molar refractivity (Wildman–Crippen MR) is 111 cm³/mol. The highest BCUT2D eigenvalue weighted by Gasteiger charge is 2.41. The Morgan fingerprint density at radius 2 is 1.96 bits per heavy atom. The van der Waals surface area contributed by atoms with E-state index in [0.717, 1.165) is 32.1 Å². The molecule has 4 nitrogen and oxygen atoms in total. The number of hydrogen-bond acceptors (Lipinski definition) is 2. The molecule has 4 rings (SSSR count). The van der Waals surface area contributed by atoms with Crippen LogP contribution in [0.15, 0.2) is 29.3 Å². The van der Waals surface area contributed by atoms with E-state index in [1.165, 1.54) is 56.2 Å². The summed E-state index contributed by atoms with van der Waals surface area (Å²) < 4.78 is 6.19. The largest absolute Gasteiger partial charge is 0.373 e. The number of hydrogen-bond donors (Lipinski definition) is 1. The second-order valence-electron chi connectivity index (χ2n) is 8.91. The Bertz CT molecular complexity index is 648. The second-order valence-corrected chi connectivity index (χ2v) is 8.91. The van der Waals surface area contributed by atoms with Gasteiger partial charge in [0.25, 0.3) is 0 Å². The van der Waals surface area contributed by atoms with E-state index < -0.39 is 0 Å². The number of rotatable bonds is 3. The minimum Gasteiger partial charge on any atom is -0.373 e. The van der Waals surface area contributed by atoms with Crippen LogP contribution in [0.5, 0.6) is 0 Å². The topological polar surface area (TPSA) is 36.9 Å². The number of benzene rings is 1. The first kappa shape index (κ1) is 18.8. The van der Waals surface area contributed by atoms with Crippen molar-refractivity contribution in [2.24, 2.45) is 16.3 Å². The quantitative estimate of drug-likeness (QED) is 0.637. The van der Waals surface area contributed by atoms with E-state index in [9.17, 15) is 0 Å². The lowest BCUT2D eigenvalue weighted by Gasteiger charge is -2.33. The lowest BCUT2D eigenvalue weighted by Crippen LogP contribution is -2.44. The highest BCUT2D eigenvalue weighted by Crippen LogP contribution is 2.45. The van der Waals surface area contributed by atoms with Crippen molar-refractivity contribution in [1.29, 1.82) is 0 Å². The van der Waals surface area contributed by atoms with E-state index in [0.29, 0.717) is 11.3 Å². The van der Waals surface area contributed by atoms with Gasteiger partial charge in [0.1, 0.15) is 0 Å². The third kappa shape index (κ3) is 4.16. The molecule has 2 unspecified atom stereocenters. The molecule has 0 amide bonds. The van der Waals surface area contributed by atoms with Crippen LogP contribution < -0.4 is 5.32 Å². The van der Waals surface area contributed by atoms with E-state index in [2.05, 4.69) is 46.4 Å². The zero-order chi connectivity index (χ0) is 18.7. The van der Waals surface area contributed by atoms with Gasteiger partial charge in [-0.25, -0.2) is 0 Å². The summed E-state index contributed by atoms with van der Waals surface area (Å²) in [5.41, 5.74) is 3.20. The Morgan fingerprint density at radius 3 is 2.70 bits per heavy atom. The number of aryl methyl sites for hydroxylation is 1. The summed E-state index contributed by atoms with van der Waals surface area (Å²) in [5.74, 6) is 1.59. The van der Waals surface area contributed by atoms with Gasteiger partial charge in [-0.3, -0.25) is 4.99 Å². The molecule has 1 aliphatic carbocycles. The summed E-state index contributed by atoms with van der Waals surface area (Å²) in [6.45, 7) is 6.30. The maximum atomic E-state index is 6.19.